The Hall–Kier alpha value is -1.85. The molecule has 2 aromatic rings. The highest BCUT2D eigenvalue weighted by atomic mass is 16.5. The zero-order valence-electron chi connectivity index (χ0n) is 13.0. The predicted octanol–water partition coefficient (Wildman–Crippen LogP) is 1.35. The Morgan fingerprint density at radius 3 is 2.86 bits per heavy atom. The molecule has 0 radical (unpaired) electrons. The van der Waals surface area contributed by atoms with Gasteiger partial charge in [-0.2, -0.15) is 5.10 Å². The van der Waals surface area contributed by atoms with Crippen LogP contribution in [0.5, 0.6) is 5.75 Å². The Labute approximate surface area is 131 Å². The minimum absolute atomic E-state index is 0.400. The van der Waals surface area contributed by atoms with Gasteiger partial charge in [0.05, 0.1) is 19.8 Å². The molecule has 2 heterocycles. The van der Waals surface area contributed by atoms with Gasteiger partial charge in [0.25, 0.3) is 0 Å². The number of ether oxygens (including phenoxy) is 1. The third-order valence-electron chi connectivity index (χ3n) is 4.25. The number of nitrogens with zero attached hydrogens (tertiary/aromatic N) is 3. The first-order valence-corrected chi connectivity index (χ1v) is 7.79. The van der Waals surface area contributed by atoms with Crippen LogP contribution in [0, 0.1) is 0 Å². The molecule has 0 saturated carbocycles. The Morgan fingerprint density at radius 1 is 1.23 bits per heavy atom. The van der Waals surface area contributed by atoms with Crippen LogP contribution in [0.3, 0.4) is 0 Å². The lowest BCUT2D eigenvalue weighted by Crippen LogP contribution is -2.36. The quantitative estimate of drug-likeness (QED) is 0.906. The van der Waals surface area contributed by atoms with Gasteiger partial charge in [0.2, 0.25) is 0 Å². The fourth-order valence-electron chi connectivity index (χ4n) is 3.14. The van der Waals surface area contributed by atoms with E-state index in [1.807, 2.05) is 18.3 Å². The molecule has 118 valence electrons. The van der Waals surface area contributed by atoms with E-state index in [9.17, 15) is 5.11 Å². The molecule has 1 aromatic heterocycles. The molecule has 1 aliphatic heterocycles. The molecule has 1 unspecified atom stereocenters. The first-order chi connectivity index (χ1) is 10.8. The normalized spacial score (nSPS) is 16.8. The largest absolute Gasteiger partial charge is 0.496 e. The SMILES string of the molecule is COc1cccc2c1CCN(CC(O)Cn1cccn1)CC2. The summed E-state index contributed by atoms with van der Waals surface area (Å²) in [6.45, 7) is 3.13. The summed E-state index contributed by atoms with van der Waals surface area (Å²) in [7, 11) is 1.73. The molecule has 0 amide bonds. The zero-order valence-corrected chi connectivity index (χ0v) is 13.0. The first-order valence-electron chi connectivity index (χ1n) is 7.79. The van der Waals surface area contributed by atoms with E-state index >= 15 is 0 Å². The number of hydrogen-bond acceptors (Lipinski definition) is 4. The first kappa shape index (κ1) is 15.1. The molecule has 3 rings (SSSR count). The Bertz CT molecular complexity index is 598. The highest BCUT2D eigenvalue weighted by Crippen LogP contribution is 2.25. The average Bonchev–Trinajstić information content (AvgIpc) is 2.94. The standard InChI is InChI=1S/C17H23N3O2/c1-22-17-5-2-4-14-6-10-19(11-7-16(14)17)12-15(21)13-20-9-3-8-18-20/h2-5,8-9,15,21H,6-7,10-13H2,1H3. The second-order valence-electron chi connectivity index (χ2n) is 5.78. The number of hydrogen-bond donors (Lipinski definition) is 1. The van der Waals surface area contributed by atoms with E-state index in [-0.39, 0.29) is 0 Å². The molecule has 0 fully saturated rings. The zero-order chi connectivity index (χ0) is 15.4. The van der Waals surface area contributed by atoms with E-state index in [0.717, 1.165) is 31.7 Å². The summed E-state index contributed by atoms with van der Waals surface area (Å²) in [5, 5.41) is 14.4. The van der Waals surface area contributed by atoms with Crippen LogP contribution < -0.4 is 4.74 Å². The summed E-state index contributed by atoms with van der Waals surface area (Å²) in [6, 6.07) is 8.14. The number of aliphatic hydroxyl groups is 1. The van der Waals surface area contributed by atoms with Crippen molar-refractivity contribution >= 4 is 0 Å². The molecule has 1 N–H and O–H groups in total. The number of rotatable bonds is 5. The number of fused-ring (bicyclic) bond motifs is 1. The summed E-state index contributed by atoms with van der Waals surface area (Å²) in [5.74, 6) is 0.983. The van der Waals surface area contributed by atoms with Crippen molar-refractivity contribution in [3.05, 3.63) is 47.8 Å². The van der Waals surface area contributed by atoms with Crippen LogP contribution in [0.1, 0.15) is 11.1 Å². The van der Waals surface area contributed by atoms with Crippen molar-refractivity contribution in [2.45, 2.75) is 25.5 Å². The van der Waals surface area contributed by atoms with Crippen LogP contribution in [0.4, 0.5) is 0 Å². The number of benzene rings is 1. The number of methoxy groups -OCH3 is 1. The molecule has 0 spiro atoms. The molecule has 0 aliphatic carbocycles. The molecule has 1 aromatic carbocycles. The molecular formula is C17H23N3O2. The van der Waals surface area contributed by atoms with Crippen molar-refractivity contribution in [3.8, 4) is 5.75 Å². The summed E-state index contributed by atoms with van der Waals surface area (Å²) >= 11 is 0. The van der Waals surface area contributed by atoms with Crippen molar-refractivity contribution < 1.29 is 9.84 Å². The monoisotopic (exact) mass is 301 g/mol. The van der Waals surface area contributed by atoms with Crippen molar-refractivity contribution in [2.24, 2.45) is 0 Å². The van der Waals surface area contributed by atoms with Crippen molar-refractivity contribution in [1.82, 2.24) is 14.7 Å². The third-order valence-corrected chi connectivity index (χ3v) is 4.25. The molecule has 5 heteroatoms. The van der Waals surface area contributed by atoms with E-state index in [0.29, 0.717) is 13.1 Å². The Balaban J connectivity index is 1.59. The maximum Gasteiger partial charge on any atom is 0.122 e. The van der Waals surface area contributed by atoms with E-state index in [1.54, 1.807) is 18.0 Å². The van der Waals surface area contributed by atoms with Gasteiger partial charge in [0.15, 0.2) is 0 Å². The maximum atomic E-state index is 10.3. The van der Waals surface area contributed by atoms with Gasteiger partial charge in [-0.15, -0.1) is 0 Å². The van der Waals surface area contributed by atoms with Crippen LogP contribution in [-0.2, 0) is 19.4 Å². The molecule has 0 bridgehead atoms. The van der Waals surface area contributed by atoms with Crippen LogP contribution in [0.25, 0.3) is 0 Å². The third kappa shape index (κ3) is 3.48. The molecule has 0 saturated heterocycles. The van der Waals surface area contributed by atoms with Crippen molar-refractivity contribution in [2.75, 3.05) is 26.7 Å². The van der Waals surface area contributed by atoms with Gasteiger partial charge < -0.3 is 14.7 Å². The van der Waals surface area contributed by atoms with Crippen LogP contribution in [-0.4, -0.2) is 52.6 Å². The highest BCUT2D eigenvalue weighted by molar-refractivity contribution is 5.41. The smallest absolute Gasteiger partial charge is 0.122 e. The predicted molar refractivity (Wildman–Crippen MR) is 85.1 cm³/mol. The highest BCUT2D eigenvalue weighted by Gasteiger charge is 2.19. The molecular weight excluding hydrogens is 278 g/mol. The summed E-state index contributed by atoms with van der Waals surface area (Å²) in [4.78, 5) is 2.33. The fraction of sp³-hybridized carbons (Fsp3) is 0.471. The van der Waals surface area contributed by atoms with E-state index < -0.39 is 6.10 Å². The topological polar surface area (TPSA) is 50.5 Å². The van der Waals surface area contributed by atoms with Crippen molar-refractivity contribution in [1.29, 1.82) is 0 Å². The summed E-state index contributed by atoms with van der Waals surface area (Å²) < 4.78 is 7.25. The Kier molecular flexibility index (Phi) is 4.75. The van der Waals surface area contributed by atoms with E-state index in [1.165, 1.54) is 11.1 Å². The minimum Gasteiger partial charge on any atom is -0.496 e. The summed E-state index contributed by atoms with van der Waals surface area (Å²) in [5.41, 5.74) is 2.68. The lowest BCUT2D eigenvalue weighted by atomic mass is 10.0. The van der Waals surface area contributed by atoms with Gasteiger partial charge in [-0.3, -0.25) is 4.68 Å². The fourth-order valence-corrected chi connectivity index (χ4v) is 3.14. The molecule has 1 atom stereocenters. The van der Waals surface area contributed by atoms with Gasteiger partial charge in [0, 0.05) is 32.0 Å². The Morgan fingerprint density at radius 2 is 2.09 bits per heavy atom. The maximum absolute atomic E-state index is 10.3. The average molecular weight is 301 g/mol. The van der Waals surface area contributed by atoms with Crippen LogP contribution in [0.15, 0.2) is 36.7 Å². The lowest BCUT2D eigenvalue weighted by molar-refractivity contribution is 0.0968. The minimum atomic E-state index is -0.400. The number of aromatic nitrogens is 2. The van der Waals surface area contributed by atoms with Gasteiger partial charge >= 0.3 is 0 Å². The van der Waals surface area contributed by atoms with Crippen molar-refractivity contribution in [3.63, 3.8) is 0 Å². The second-order valence-corrected chi connectivity index (χ2v) is 5.78. The molecule has 22 heavy (non-hydrogen) atoms. The number of β-amino-alcohol motifs (C(OH)–C–C–N with tert-alkyl or cyclic N) is 1. The number of aliphatic hydroxyl groups excluding tert-OH is 1. The van der Waals surface area contributed by atoms with E-state index in [4.69, 9.17) is 4.74 Å². The summed E-state index contributed by atoms with van der Waals surface area (Å²) in [6.07, 6.45) is 5.19. The van der Waals surface area contributed by atoms with Crippen LogP contribution >= 0.6 is 0 Å². The van der Waals surface area contributed by atoms with Gasteiger partial charge in [-0.05, 0) is 36.1 Å². The van der Waals surface area contributed by atoms with E-state index in [2.05, 4.69) is 22.1 Å². The lowest BCUT2D eigenvalue weighted by Gasteiger charge is -2.23. The molecule has 5 nitrogen and oxygen atoms in total. The van der Waals surface area contributed by atoms with Gasteiger partial charge in [0.1, 0.15) is 5.75 Å². The van der Waals surface area contributed by atoms with Crippen LogP contribution in [0.2, 0.25) is 0 Å². The van der Waals surface area contributed by atoms with Gasteiger partial charge in [-0.25, -0.2) is 0 Å². The second kappa shape index (κ2) is 6.94. The molecule has 1 aliphatic rings. The van der Waals surface area contributed by atoms with Gasteiger partial charge in [-0.1, -0.05) is 12.1 Å².